The minimum atomic E-state index is -4.44. The average molecular weight is 404 g/mol. The number of amides is 1. The number of hydrogen-bond donors (Lipinski definition) is 1. The van der Waals surface area contributed by atoms with E-state index in [-0.39, 0.29) is 18.3 Å². The van der Waals surface area contributed by atoms with Gasteiger partial charge in [-0.2, -0.15) is 24.9 Å². The van der Waals surface area contributed by atoms with Crippen LogP contribution in [0.2, 0.25) is 5.02 Å². The maximum absolute atomic E-state index is 12.6. The van der Waals surface area contributed by atoms with Crippen molar-refractivity contribution in [3.05, 3.63) is 64.7 Å². The third-order valence-electron chi connectivity index (χ3n) is 3.32. The van der Waals surface area contributed by atoms with Crippen molar-refractivity contribution >= 4 is 29.3 Å². The number of ether oxygens (including phenoxy) is 1. The van der Waals surface area contributed by atoms with Crippen molar-refractivity contribution in [3.63, 3.8) is 0 Å². The number of carbonyl (C=O) groups is 1. The van der Waals surface area contributed by atoms with E-state index in [9.17, 15) is 18.0 Å². The van der Waals surface area contributed by atoms with Crippen LogP contribution in [0.25, 0.3) is 0 Å². The standard InChI is InChI=1S/C18H17ClF3NO2S/c19-16-7-2-1-4-13(16)12-26-9-8-23-17(24)11-25-15-6-3-5-14(10-15)18(20,21)22/h1-7,10H,8-9,11-12H2,(H,23,24). The van der Waals surface area contributed by atoms with Crippen LogP contribution in [-0.4, -0.2) is 24.8 Å². The Morgan fingerprint density at radius 3 is 2.65 bits per heavy atom. The summed E-state index contributed by atoms with van der Waals surface area (Å²) in [5.74, 6) is 1.03. The highest BCUT2D eigenvalue weighted by molar-refractivity contribution is 7.98. The minimum absolute atomic E-state index is 0.00284. The molecule has 0 atom stereocenters. The van der Waals surface area contributed by atoms with Gasteiger partial charge in [0.05, 0.1) is 5.56 Å². The van der Waals surface area contributed by atoms with E-state index in [0.29, 0.717) is 17.3 Å². The van der Waals surface area contributed by atoms with E-state index in [1.54, 1.807) is 11.8 Å². The third-order valence-corrected chi connectivity index (χ3v) is 4.69. The van der Waals surface area contributed by atoms with Gasteiger partial charge in [0.2, 0.25) is 0 Å². The molecule has 0 saturated carbocycles. The fourth-order valence-corrected chi connectivity index (χ4v) is 3.17. The number of nitrogens with one attached hydrogen (secondary N) is 1. The van der Waals surface area contributed by atoms with Crippen LogP contribution in [0.4, 0.5) is 13.2 Å². The molecule has 0 saturated heterocycles. The quantitative estimate of drug-likeness (QED) is 0.644. The van der Waals surface area contributed by atoms with Gasteiger partial charge < -0.3 is 10.1 Å². The second kappa shape index (κ2) is 9.73. The molecule has 0 aliphatic rings. The molecule has 140 valence electrons. The van der Waals surface area contributed by atoms with Crippen molar-refractivity contribution in [1.82, 2.24) is 5.32 Å². The highest BCUT2D eigenvalue weighted by Gasteiger charge is 2.30. The van der Waals surface area contributed by atoms with E-state index in [1.807, 2.05) is 24.3 Å². The van der Waals surface area contributed by atoms with Gasteiger partial charge in [0.25, 0.3) is 5.91 Å². The SMILES string of the molecule is O=C(COc1cccc(C(F)(F)F)c1)NCCSCc1ccccc1Cl. The van der Waals surface area contributed by atoms with Crippen molar-refractivity contribution in [2.75, 3.05) is 18.9 Å². The van der Waals surface area contributed by atoms with Crippen LogP contribution in [-0.2, 0) is 16.7 Å². The summed E-state index contributed by atoms with van der Waals surface area (Å²) in [7, 11) is 0. The first-order chi connectivity index (χ1) is 12.4. The van der Waals surface area contributed by atoms with Gasteiger partial charge in [0, 0.05) is 23.1 Å². The number of halogens is 4. The van der Waals surface area contributed by atoms with Crippen LogP contribution in [0.3, 0.4) is 0 Å². The lowest BCUT2D eigenvalue weighted by molar-refractivity contribution is -0.137. The Morgan fingerprint density at radius 2 is 1.92 bits per heavy atom. The predicted molar refractivity (Wildman–Crippen MR) is 97.6 cm³/mol. The Kier molecular flexibility index (Phi) is 7.66. The fourth-order valence-electron chi connectivity index (χ4n) is 2.02. The molecule has 0 aliphatic carbocycles. The van der Waals surface area contributed by atoms with Crippen molar-refractivity contribution in [2.24, 2.45) is 0 Å². The number of hydrogen-bond acceptors (Lipinski definition) is 3. The number of benzene rings is 2. The lowest BCUT2D eigenvalue weighted by atomic mass is 10.2. The second-order valence-electron chi connectivity index (χ2n) is 5.31. The number of rotatable bonds is 8. The molecule has 0 unspecified atom stereocenters. The Hall–Kier alpha value is -1.86. The van der Waals surface area contributed by atoms with Crippen molar-refractivity contribution in [2.45, 2.75) is 11.9 Å². The maximum atomic E-state index is 12.6. The first-order valence-corrected chi connectivity index (χ1v) is 9.27. The Morgan fingerprint density at radius 1 is 1.15 bits per heavy atom. The Labute approximate surface area is 158 Å². The molecule has 3 nitrogen and oxygen atoms in total. The van der Waals surface area contributed by atoms with Crippen LogP contribution < -0.4 is 10.1 Å². The summed E-state index contributed by atoms with van der Waals surface area (Å²) >= 11 is 7.67. The fraction of sp³-hybridized carbons (Fsp3) is 0.278. The summed E-state index contributed by atoms with van der Waals surface area (Å²) in [5, 5.41) is 3.37. The normalized spacial score (nSPS) is 11.2. The third kappa shape index (κ3) is 6.80. The summed E-state index contributed by atoms with van der Waals surface area (Å²) in [6, 6.07) is 12.0. The molecule has 1 amide bonds. The summed E-state index contributed by atoms with van der Waals surface area (Å²) in [5.41, 5.74) is 0.213. The van der Waals surface area contributed by atoms with Gasteiger partial charge >= 0.3 is 6.18 Å². The molecule has 0 aromatic heterocycles. The summed E-state index contributed by atoms with van der Waals surface area (Å²) < 4.78 is 42.9. The average Bonchev–Trinajstić information content (AvgIpc) is 2.61. The van der Waals surface area contributed by atoms with Crippen LogP contribution >= 0.6 is 23.4 Å². The van der Waals surface area contributed by atoms with Crippen LogP contribution in [0.5, 0.6) is 5.75 Å². The van der Waals surface area contributed by atoms with Crippen molar-refractivity contribution in [1.29, 1.82) is 0 Å². The Balaban J connectivity index is 1.66. The van der Waals surface area contributed by atoms with Gasteiger partial charge in [-0.25, -0.2) is 0 Å². The van der Waals surface area contributed by atoms with E-state index < -0.39 is 11.7 Å². The molecule has 0 radical (unpaired) electrons. The second-order valence-corrected chi connectivity index (χ2v) is 6.82. The zero-order valence-electron chi connectivity index (χ0n) is 13.7. The molecular weight excluding hydrogens is 387 g/mol. The molecule has 26 heavy (non-hydrogen) atoms. The molecule has 1 N–H and O–H groups in total. The van der Waals surface area contributed by atoms with Gasteiger partial charge in [0.1, 0.15) is 5.75 Å². The van der Waals surface area contributed by atoms with Gasteiger partial charge in [-0.05, 0) is 29.8 Å². The molecule has 2 rings (SSSR count). The highest BCUT2D eigenvalue weighted by Crippen LogP contribution is 2.31. The number of carbonyl (C=O) groups excluding carboxylic acids is 1. The largest absolute Gasteiger partial charge is 0.484 e. The topological polar surface area (TPSA) is 38.3 Å². The van der Waals surface area contributed by atoms with Gasteiger partial charge in [-0.3, -0.25) is 4.79 Å². The van der Waals surface area contributed by atoms with E-state index in [1.165, 1.54) is 12.1 Å². The summed E-state index contributed by atoms with van der Waals surface area (Å²) in [6.07, 6.45) is -4.44. The first-order valence-electron chi connectivity index (χ1n) is 7.74. The summed E-state index contributed by atoms with van der Waals surface area (Å²) in [6.45, 7) is 0.0936. The van der Waals surface area contributed by atoms with E-state index in [2.05, 4.69) is 5.32 Å². The molecule has 0 heterocycles. The monoisotopic (exact) mass is 403 g/mol. The molecule has 2 aromatic carbocycles. The molecule has 0 fully saturated rings. The molecular formula is C18H17ClF3NO2S. The molecule has 0 aliphatic heterocycles. The smallest absolute Gasteiger partial charge is 0.416 e. The first kappa shape index (κ1) is 20.5. The van der Waals surface area contributed by atoms with Crippen LogP contribution in [0.1, 0.15) is 11.1 Å². The van der Waals surface area contributed by atoms with Crippen molar-refractivity contribution < 1.29 is 22.7 Å². The van der Waals surface area contributed by atoms with E-state index in [4.69, 9.17) is 16.3 Å². The molecule has 8 heteroatoms. The molecule has 0 bridgehead atoms. The van der Waals surface area contributed by atoms with Gasteiger partial charge in [-0.1, -0.05) is 35.9 Å². The number of thioether (sulfide) groups is 1. The van der Waals surface area contributed by atoms with Crippen molar-refractivity contribution in [3.8, 4) is 5.75 Å². The zero-order valence-corrected chi connectivity index (χ0v) is 15.3. The van der Waals surface area contributed by atoms with Crippen LogP contribution in [0.15, 0.2) is 48.5 Å². The van der Waals surface area contributed by atoms with Crippen LogP contribution in [0, 0.1) is 0 Å². The number of alkyl halides is 3. The molecule has 2 aromatic rings. The highest BCUT2D eigenvalue weighted by atomic mass is 35.5. The van der Waals surface area contributed by atoms with Gasteiger partial charge in [-0.15, -0.1) is 0 Å². The lowest BCUT2D eigenvalue weighted by Gasteiger charge is -2.10. The zero-order chi connectivity index (χ0) is 19.0. The maximum Gasteiger partial charge on any atom is 0.416 e. The lowest BCUT2D eigenvalue weighted by Crippen LogP contribution is -2.30. The Bertz CT molecular complexity index is 740. The van der Waals surface area contributed by atoms with Gasteiger partial charge in [0.15, 0.2) is 6.61 Å². The predicted octanol–water partition coefficient (Wildman–Crippen LogP) is 4.79. The van der Waals surface area contributed by atoms with E-state index in [0.717, 1.165) is 23.4 Å². The minimum Gasteiger partial charge on any atom is -0.484 e. The van der Waals surface area contributed by atoms with E-state index >= 15 is 0 Å². The summed E-state index contributed by atoms with van der Waals surface area (Å²) in [4.78, 5) is 11.7. The molecule has 0 spiro atoms.